The van der Waals surface area contributed by atoms with Crippen molar-refractivity contribution in [2.24, 2.45) is 0 Å². The number of hydrogen-bond donors (Lipinski definition) is 0. The van der Waals surface area contributed by atoms with E-state index in [0.717, 1.165) is 0 Å². The van der Waals surface area contributed by atoms with Gasteiger partial charge < -0.3 is 0 Å². The summed E-state index contributed by atoms with van der Waals surface area (Å²) in [7, 11) is 0. The zero-order valence-electron chi connectivity index (χ0n) is 8.73. The van der Waals surface area contributed by atoms with Crippen LogP contribution in [-0.4, -0.2) is 15.8 Å². The van der Waals surface area contributed by atoms with Gasteiger partial charge in [-0.2, -0.15) is 0 Å². The molecule has 0 saturated carbocycles. The van der Waals surface area contributed by atoms with Crippen molar-refractivity contribution in [3.63, 3.8) is 0 Å². The molecule has 0 unspecified atom stereocenters. The Morgan fingerprint density at radius 2 is 1.76 bits per heavy atom. The Hall–Kier alpha value is -1.81. The zero-order valence-corrected chi connectivity index (χ0v) is 9.49. The molecule has 86 valence electrons. The number of carbonyl (C=O) groups excluding carboxylic acids is 1. The normalized spacial score (nSPS) is 10.2. The van der Waals surface area contributed by atoms with Gasteiger partial charge >= 0.3 is 0 Å². The fourth-order valence-corrected chi connectivity index (χ4v) is 1.41. The van der Waals surface area contributed by atoms with Crippen LogP contribution in [0, 0.1) is 5.82 Å². The van der Waals surface area contributed by atoms with Crippen LogP contribution in [0.5, 0.6) is 0 Å². The minimum atomic E-state index is -0.371. The summed E-state index contributed by atoms with van der Waals surface area (Å²) in [6, 6.07) is 5.37. The van der Waals surface area contributed by atoms with Gasteiger partial charge in [0.1, 0.15) is 11.6 Å². The van der Waals surface area contributed by atoms with E-state index in [9.17, 15) is 9.18 Å². The minimum absolute atomic E-state index is 0.0722. The Morgan fingerprint density at radius 3 is 2.35 bits per heavy atom. The van der Waals surface area contributed by atoms with E-state index in [4.69, 9.17) is 11.6 Å². The maximum Gasteiger partial charge on any atom is 0.170 e. The third-order valence-corrected chi connectivity index (χ3v) is 2.35. The van der Waals surface area contributed by atoms with Crippen molar-refractivity contribution in [3.05, 3.63) is 58.9 Å². The van der Waals surface area contributed by atoms with Crippen LogP contribution in [0.15, 0.2) is 36.7 Å². The number of nitrogens with zero attached hydrogens (tertiary/aromatic N) is 2. The zero-order chi connectivity index (χ0) is 12.3. The van der Waals surface area contributed by atoms with Crippen molar-refractivity contribution in [2.75, 3.05) is 0 Å². The van der Waals surface area contributed by atoms with Gasteiger partial charge in [0.15, 0.2) is 5.78 Å². The molecule has 1 aromatic heterocycles. The van der Waals surface area contributed by atoms with Crippen LogP contribution in [0.25, 0.3) is 0 Å². The van der Waals surface area contributed by atoms with Crippen molar-refractivity contribution >= 4 is 17.4 Å². The molecule has 3 nitrogen and oxygen atoms in total. The van der Waals surface area contributed by atoms with E-state index in [1.54, 1.807) is 0 Å². The molecule has 0 amide bonds. The molecule has 0 fully saturated rings. The molecule has 0 atom stereocenters. The van der Waals surface area contributed by atoms with Crippen LogP contribution in [0.4, 0.5) is 4.39 Å². The highest BCUT2D eigenvalue weighted by Crippen LogP contribution is 2.08. The van der Waals surface area contributed by atoms with E-state index in [0.29, 0.717) is 16.4 Å². The fourth-order valence-electron chi connectivity index (χ4n) is 1.31. The lowest BCUT2D eigenvalue weighted by molar-refractivity contribution is 0.0990. The fraction of sp³-hybridized carbons (Fsp3) is 0.0833. The SMILES string of the molecule is O=C(Cc1ncc(Cl)cn1)c1ccc(F)cc1. The topological polar surface area (TPSA) is 42.9 Å². The molecule has 2 rings (SSSR count). The van der Waals surface area contributed by atoms with Crippen LogP contribution in [0.1, 0.15) is 16.2 Å². The number of hydrogen-bond acceptors (Lipinski definition) is 3. The third-order valence-electron chi connectivity index (χ3n) is 2.16. The first kappa shape index (κ1) is 11.7. The maximum absolute atomic E-state index is 12.7. The number of benzene rings is 1. The van der Waals surface area contributed by atoms with Crippen LogP contribution < -0.4 is 0 Å². The Balaban J connectivity index is 2.11. The van der Waals surface area contributed by atoms with Crippen LogP contribution >= 0.6 is 11.6 Å². The quantitative estimate of drug-likeness (QED) is 0.787. The standard InChI is InChI=1S/C12H8ClFN2O/c13-9-6-15-12(16-7-9)5-11(17)8-1-3-10(14)4-2-8/h1-4,6-7H,5H2. The average molecular weight is 251 g/mol. The first-order valence-corrected chi connectivity index (χ1v) is 5.28. The lowest BCUT2D eigenvalue weighted by Gasteiger charge is -2.00. The van der Waals surface area contributed by atoms with Gasteiger partial charge in [0, 0.05) is 18.0 Å². The van der Waals surface area contributed by atoms with Crippen molar-refractivity contribution < 1.29 is 9.18 Å². The Labute approximate surface area is 102 Å². The number of ketones is 1. The summed E-state index contributed by atoms with van der Waals surface area (Å²) < 4.78 is 12.7. The molecule has 0 aliphatic rings. The molecule has 5 heteroatoms. The van der Waals surface area contributed by atoms with Crippen LogP contribution in [0.3, 0.4) is 0 Å². The van der Waals surface area contributed by atoms with Crippen molar-refractivity contribution in [1.82, 2.24) is 9.97 Å². The minimum Gasteiger partial charge on any atom is -0.294 e. The van der Waals surface area contributed by atoms with E-state index in [-0.39, 0.29) is 18.0 Å². The molecule has 17 heavy (non-hydrogen) atoms. The van der Waals surface area contributed by atoms with Gasteiger partial charge in [-0.05, 0) is 24.3 Å². The molecular weight excluding hydrogens is 243 g/mol. The van der Waals surface area contributed by atoms with Gasteiger partial charge in [0.05, 0.1) is 11.4 Å². The number of carbonyl (C=O) groups is 1. The van der Waals surface area contributed by atoms with E-state index in [2.05, 4.69) is 9.97 Å². The highest BCUT2D eigenvalue weighted by Gasteiger charge is 2.08. The Morgan fingerprint density at radius 1 is 1.18 bits per heavy atom. The summed E-state index contributed by atoms with van der Waals surface area (Å²) in [6.07, 6.45) is 2.94. The predicted molar refractivity (Wildman–Crippen MR) is 61.5 cm³/mol. The molecule has 1 heterocycles. The summed E-state index contributed by atoms with van der Waals surface area (Å²) in [5.41, 5.74) is 0.435. The van der Waals surface area contributed by atoms with Gasteiger partial charge in [-0.3, -0.25) is 4.79 Å². The molecule has 0 saturated heterocycles. The second kappa shape index (κ2) is 5.01. The van der Waals surface area contributed by atoms with Crippen molar-refractivity contribution in [1.29, 1.82) is 0 Å². The number of Topliss-reactive ketones (excluding diaryl/α,β-unsaturated/α-hetero) is 1. The lowest BCUT2D eigenvalue weighted by Crippen LogP contribution is -2.06. The smallest absolute Gasteiger partial charge is 0.170 e. The Bertz CT molecular complexity index is 525. The van der Waals surface area contributed by atoms with E-state index >= 15 is 0 Å². The molecule has 0 aliphatic heterocycles. The van der Waals surface area contributed by atoms with Gasteiger partial charge in [0.25, 0.3) is 0 Å². The lowest BCUT2D eigenvalue weighted by atomic mass is 10.1. The van der Waals surface area contributed by atoms with Crippen LogP contribution in [-0.2, 0) is 6.42 Å². The second-order valence-corrected chi connectivity index (χ2v) is 3.86. The molecule has 0 bridgehead atoms. The Kier molecular flexibility index (Phi) is 3.44. The molecule has 0 N–H and O–H groups in total. The molecule has 0 spiro atoms. The first-order valence-electron chi connectivity index (χ1n) is 4.90. The van der Waals surface area contributed by atoms with Gasteiger partial charge in [0.2, 0.25) is 0 Å². The van der Waals surface area contributed by atoms with Crippen molar-refractivity contribution in [3.8, 4) is 0 Å². The predicted octanol–water partition coefficient (Wildman–Crippen LogP) is 2.69. The number of halogens is 2. The maximum atomic E-state index is 12.7. The van der Waals surface area contributed by atoms with Crippen molar-refractivity contribution in [2.45, 2.75) is 6.42 Å². The summed E-state index contributed by atoms with van der Waals surface area (Å²) in [5.74, 6) is -0.139. The monoisotopic (exact) mass is 250 g/mol. The highest BCUT2D eigenvalue weighted by molar-refractivity contribution is 6.30. The average Bonchev–Trinajstić information content (AvgIpc) is 2.33. The van der Waals surface area contributed by atoms with Crippen LogP contribution in [0.2, 0.25) is 5.02 Å². The van der Waals surface area contributed by atoms with Gasteiger partial charge in [-0.25, -0.2) is 14.4 Å². The highest BCUT2D eigenvalue weighted by atomic mass is 35.5. The molecule has 0 aliphatic carbocycles. The summed E-state index contributed by atoms with van der Waals surface area (Å²) in [4.78, 5) is 19.6. The summed E-state index contributed by atoms with van der Waals surface area (Å²) in [6.45, 7) is 0. The van der Waals surface area contributed by atoms with E-state index in [1.807, 2.05) is 0 Å². The molecular formula is C12H8ClFN2O. The third kappa shape index (κ3) is 3.07. The molecule has 1 aromatic carbocycles. The first-order chi connectivity index (χ1) is 8.15. The summed E-state index contributed by atoms with van der Waals surface area (Å²) >= 11 is 5.63. The van der Waals surface area contributed by atoms with E-state index < -0.39 is 0 Å². The number of aromatic nitrogens is 2. The largest absolute Gasteiger partial charge is 0.294 e. The molecule has 2 aromatic rings. The summed E-state index contributed by atoms with van der Waals surface area (Å²) in [5, 5.41) is 0.419. The van der Waals surface area contributed by atoms with Gasteiger partial charge in [-0.1, -0.05) is 11.6 Å². The second-order valence-electron chi connectivity index (χ2n) is 3.42. The van der Waals surface area contributed by atoms with Gasteiger partial charge in [-0.15, -0.1) is 0 Å². The molecule has 0 radical (unpaired) electrons. The number of rotatable bonds is 3. The van der Waals surface area contributed by atoms with E-state index in [1.165, 1.54) is 36.7 Å².